The minimum Gasteiger partial charge on any atom is -0.332 e. The summed E-state index contributed by atoms with van der Waals surface area (Å²) in [5, 5.41) is 10.5. The second-order valence-corrected chi connectivity index (χ2v) is 6.36. The number of nitro groups is 1. The van der Waals surface area contributed by atoms with Gasteiger partial charge in [0.2, 0.25) is 0 Å². The number of anilines is 1. The first-order chi connectivity index (χ1) is 9.29. The van der Waals surface area contributed by atoms with Crippen molar-refractivity contribution in [2.75, 3.05) is 4.72 Å². The highest BCUT2D eigenvalue weighted by atomic mass is 79.9. The molecule has 2 aromatic rings. The van der Waals surface area contributed by atoms with E-state index in [9.17, 15) is 18.5 Å². The maximum atomic E-state index is 12.0. The van der Waals surface area contributed by atoms with Crippen molar-refractivity contribution in [3.63, 3.8) is 0 Å². The number of aryl methyl sites for hydroxylation is 1. The zero-order valence-corrected chi connectivity index (χ0v) is 12.5. The van der Waals surface area contributed by atoms with Gasteiger partial charge in [-0.1, -0.05) is 0 Å². The van der Waals surface area contributed by atoms with E-state index in [1.54, 1.807) is 6.92 Å². The lowest BCUT2D eigenvalue weighted by atomic mass is 10.3. The first kappa shape index (κ1) is 14.5. The molecule has 0 aliphatic carbocycles. The van der Waals surface area contributed by atoms with Gasteiger partial charge in [-0.15, -0.1) is 0 Å². The Morgan fingerprint density at radius 3 is 2.65 bits per heavy atom. The Bertz CT molecular complexity index is 771. The summed E-state index contributed by atoms with van der Waals surface area (Å²) in [5.41, 5.74) is 0.0556. The number of halogens is 1. The van der Waals surface area contributed by atoms with Crippen LogP contribution in [-0.2, 0) is 10.0 Å². The highest BCUT2D eigenvalue weighted by molar-refractivity contribution is 9.10. The smallest absolute Gasteiger partial charge is 0.279 e. The van der Waals surface area contributed by atoms with Gasteiger partial charge in [0.25, 0.3) is 15.7 Å². The third-order valence-electron chi connectivity index (χ3n) is 2.38. The van der Waals surface area contributed by atoms with Gasteiger partial charge in [-0.25, -0.2) is 4.98 Å². The van der Waals surface area contributed by atoms with Gasteiger partial charge in [-0.2, -0.15) is 8.42 Å². The van der Waals surface area contributed by atoms with E-state index in [1.807, 2.05) is 0 Å². The van der Waals surface area contributed by atoms with Crippen LogP contribution in [0, 0.1) is 17.0 Å². The van der Waals surface area contributed by atoms with Crippen LogP contribution in [0.1, 0.15) is 5.82 Å². The van der Waals surface area contributed by atoms with Crippen LogP contribution in [-0.4, -0.2) is 23.3 Å². The minimum absolute atomic E-state index is 0.0831. The predicted octanol–water partition coefficient (Wildman–Crippen LogP) is 2.19. The van der Waals surface area contributed by atoms with Gasteiger partial charge in [0.15, 0.2) is 5.03 Å². The summed E-state index contributed by atoms with van der Waals surface area (Å²) in [6, 6.07) is 3.74. The first-order valence-corrected chi connectivity index (χ1v) is 7.55. The molecule has 2 rings (SSSR count). The maximum Gasteiger partial charge on any atom is 0.279 e. The normalized spacial score (nSPS) is 11.3. The maximum absolute atomic E-state index is 12.0. The fourth-order valence-corrected chi connectivity index (χ4v) is 3.08. The number of aromatic amines is 1. The van der Waals surface area contributed by atoms with Crippen LogP contribution in [0.25, 0.3) is 0 Å². The lowest BCUT2D eigenvalue weighted by Gasteiger charge is -2.07. The van der Waals surface area contributed by atoms with Crippen LogP contribution in [0.4, 0.5) is 11.4 Å². The van der Waals surface area contributed by atoms with Crippen molar-refractivity contribution in [2.45, 2.75) is 11.9 Å². The molecule has 8 nitrogen and oxygen atoms in total. The largest absolute Gasteiger partial charge is 0.332 e. The monoisotopic (exact) mass is 360 g/mol. The number of nitrogens with one attached hydrogen (secondary N) is 2. The second-order valence-electron chi connectivity index (χ2n) is 3.86. The summed E-state index contributed by atoms with van der Waals surface area (Å²) in [6.07, 6.45) is 1.19. The highest BCUT2D eigenvalue weighted by Crippen LogP contribution is 2.28. The van der Waals surface area contributed by atoms with Gasteiger partial charge in [-0.05, 0) is 28.9 Å². The molecule has 0 amide bonds. The Labute approximate surface area is 122 Å². The number of H-pyrrole nitrogens is 1. The van der Waals surface area contributed by atoms with E-state index in [1.165, 1.54) is 24.4 Å². The molecule has 2 N–H and O–H groups in total. The SMILES string of the molecule is Cc1ncc(S(=O)(=O)Nc2ccc([N+](=O)[O-])cc2Br)[nH]1. The lowest BCUT2D eigenvalue weighted by Crippen LogP contribution is -2.13. The number of non-ortho nitro benzene ring substituents is 1. The number of imidazole rings is 1. The molecule has 0 fully saturated rings. The molecular formula is C10H9BrN4O4S. The molecule has 10 heteroatoms. The number of hydrogen-bond acceptors (Lipinski definition) is 5. The molecule has 0 radical (unpaired) electrons. The molecule has 0 unspecified atom stereocenters. The van der Waals surface area contributed by atoms with Gasteiger partial charge >= 0.3 is 0 Å². The Kier molecular flexibility index (Phi) is 3.77. The van der Waals surface area contributed by atoms with E-state index >= 15 is 0 Å². The number of benzene rings is 1. The summed E-state index contributed by atoms with van der Waals surface area (Å²) >= 11 is 3.09. The van der Waals surface area contributed by atoms with Crippen molar-refractivity contribution < 1.29 is 13.3 Å². The average molecular weight is 361 g/mol. The van der Waals surface area contributed by atoms with E-state index in [0.29, 0.717) is 5.82 Å². The number of hydrogen-bond donors (Lipinski definition) is 2. The summed E-state index contributed by atoms with van der Waals surface area (Å²) in [7, 11) is -3.82. The standard InChI is InChI=1S/C10H9BrN4O4S/c1-6-12-5-10(13-6)20(18,19)14-9-3-2-7(15(16)17)4-8(9)11/h2-5,14H,1H3,(H,12,13). The predicted molar refractivity (Wildman–Crippen MR) is 74.9 cm³/mol. The Balaban J connectivity index is 2.32. The summed E-state index contributed by atoms with van der Waals surface area (Å²) in [4.78, 5) is 16.4. The molecule has 0 bridgehead atoms. The molecule has 0 atom stereocenters. The molecule has 0 saturated heterocycles. The fourth-order valence-electron chi connectivity index (χ4n) is 1.43. The lowest BCUT2D eigenvalue weighted by molar-refractivity contribution is -0.384. The molecule has 106 valence electrons. The van der Waals surface area contributed by atoms with Crippen molar-refractivity contribution in [3.05, 3.63) is 44.8 Å². The number of nitro benzene ring substituents is 1. The molecule has 0 saturated carbocycles. The van der Waals surface area contributed by atoms with Crippen molar-refractivity contribution >= 4 is 37.3 Å². The number of aromatic nitrogens is 2. The Morgan fingerprint density at radius 1 is 1.45 bits per heavy atom. The third-order valence-corrected chi connectivity index (χ3v) is 4.31. The molecule has 1 heterocycles. The van der Waals surface area contributed by atoms with Gasteiger partial charge in [0, 0.05) is 16.6 Å². The van der Waals surface area contributed by atoms with E-state index in [2.05, 4.69) is 30.6 Å². The summed E-state index contributed by atoms with van der Waals surface area (Å²) < 4.78 is 26.7. The van der Waals surface area contributed by atoms with Crippen LogP contribution < -0.4 is 4.72 Å². The summed E-state index contributed by atoms with van der Waals surface area (Å²) in [6.45, 7) is 1.63. The van der Waals surface area contributed by atoms with Crippen LogP contribution >= 0.6 is 15.9 Å². The second kappa shape index (κ2) is 5.21. The minimum atomic E-state index is -3.82. The quantitative estimate of drug-likeness (QED) is 0.639. The van der Waals surface area contributed by atoms with Gasteiger partial charge in [0.1, 0.15) is 5.82 Å². The molecule has 0 aliphatic heterocycles. The molecular weight excluding hydrogens is 352 g/mol. The van der Waals surface area contributed by atoms with E-state index in [-0.39, 0.29) is 20.9 Å². The number of nitrogens with zero attached hydrogens (tertiary/aromatic N) is 2. The zero-order chi connectivity index (χ0) is 14.9. The van der Waals surface area contributed by atoms with Gasteiger partial charge in [-0.3, -0.25) is 14.8 Å². The van der Waals surface area contributed by atoms with Crippen molar-refractivity contribution in [1.29, 1.82) is 0 Å². The molecule has 1 aromatic heterocycles. The highest BCUT2D eigenvalue weighted by Gasteiger charge is 2.19. The third kappa shape index (κ3) is 2.96. The zero-order valence-electron chi connectivity index (χ0n) is 10.1. The van der Waals surface area contributed by atoms with Crippen molar-refractivity contribution in [3.8, 4) is 0 Å². The van der Waals surface area contributed by atoms with E-state index < -0.39 is 14.9 Å². The van der Waals surface area contributed by atoms with E-state index in [0.717, 1.165) is 0 Å². The van der Waals surface area contributed by atoms with Crippen LogP contribution in [0.2, 0.25) is 0 Å². The van der Waals surface area contributed by atoms with E-state index in [4.69, 9.17) is 0 Å². The average Bonchev–Trinajstić information content (AvgIpc) is 2.79. The number of sulfonamides is 1. The van der Waals surface area contributed by atoms with Gasteiger partial charge in [0.05, 0.1) is 16.8 Å². The van der Waals surface area contributed by atoms with Crippen LogP contribution in [0.3, 0.4) is 0 Å². The molecule has 20 heavy (non-hydrogen) atoms. The molecule has 0 spiro atoms. The summed E-state index contributed by atoms with van der Waals surface area (Å²) in [5.74, 6) is 0.466. The number of rotatable bonds is 4. The molecule has 1 aromatic carbocycles. The Hall–Kier alpha value is -1.94. The van der Waals surface area contributed by atoms with Crippen LogP contribution in [0.5, 0.6) is 0 Å². The topological polar surface area (TPSA) is 118 Å². The molecule has 0 aliphatic rings. The van der Waals surface area contributed by atoms with Crippen LogP contribution in [0.15, 0.2) is 33.9 Å². The first-order valence-electron chi connectivity index (χ1n) is 5.28. The van der Waals surface area contributed by atoms with Crippen molar-refractivity contribution in [1.82, 2.24) is 9.97 Å². The van der Waals surface area contributed by atoms with Gasteiger partial charge < -0.3 is 4.98 Å². The van der Waals surface area contributed by atoms with Crippen molar-refractivity contribution in [2.24, 2.45) is 0 Å². The fraction of sp³-hybridized carbons (Fsp3) is 0.100. The Morgan fingerprint density at radius 2 is 2.15 bits per heavy atom.